The summed E-state index contributed by atoms with van der Waals surface area (Å²) in [5.41, 5.74) is 3.08. The maximum atomic E-state index is 13.0. The third-order valence-electron chi connectivity index (χ3n) is 4.11. The van der Waals surface area contributed by atoms with Gasteiger partial charge in [0.2, 0.25) is 10.0 Å². The zero-order chi connectivity index (χ0) is 21.4. The molecule has 0 aliphatic carbocycles. The SMILES string of the molecule is COc1cccc(/C=N\NC(=O)CN(Cc2ccco2)S(=O)(=O)c2ccccc2)c1. The largest absolute Gasteiger partial charge is 0.497 e. The van der Waals surface area contributed by atoms with E-state index in [9.17, 15) is 13.2 Å². The molecule has 0 saturated carbocycles. The summed E-state index contributed by atoms with van der Waals surface area (Å²) in [6, 6.07) is 18.3. The Labute approximate surface area is 174 Å². The minimum absolute atomic E-state index is 0.0861. The fraction of sp³-hybridized carbons (Fsp3) is 0.143. The van der Waals surface area contributed by atoms with Crippen LogP contribution in [0.1, 0.15) is 11.3 Å². The van der Waals surface area contributed by atoms with Crippen molar-refractivity contribution < 1.29 is 22.4 Å². The average molecular weight is 427 g/mol. The van der Waals surface area contributed by atoms with Crippen molar-refractivity contribution in [2.45, 2.75) is 11.4 Å². The summed E-state index contributed by atoms with van der Waals surface area (Å²) in [5.74, 6) is 0.492. The standard InChI is InChI=1S/C21H21N3O5S/c1-28-18-8-5-7-17(13-18)14-22-23-21(25)16-24(15-19-9-6-12-29-19)30(26,27)20-10-3-2-4-11-20/h2-14H,15-16H2,1H3,(H,23,25)/b22-14-. The highest BCUT2D eigenvalue weighted by molar-refractivity contribution is 7.89. The van der Waals surface area contributed by atoms with Crippen LogP contribution in [-0.4, -0.2) is 38.5 Å². The highest BCUT2D eigenvalue weighted by Gasteiger charge is 2.27. The Kier molecular flexibility index (Phi) is 6.99. The number of nitrogens with one attached hydrogen (secondary N) is 1. The molecule has 0 saturated heterocycles. The number of carbonyl (C=O) groups is 1. The quantitative estimate of drug-likeness (QED) is 0.418. The second-order valence-corrected chi connectivity index (χ2v) is 8.17. The minimum atomic E-state index is -3.91. The molecule has 0 spiro atoms. The fourth-order valence-corrected chi connectivity index (χ4v) is 4.02. The van der Waals surface area contributed by atoms with Gasteiger partial charge in [-0.05, 0) is 42.0 Å². The normalized spacial score (nSPS) is 11.7. The van der Waals surface area contributed by atoms with Crippen LogP contribution in [0.25, 0.3) is 0 Å². The van der Waals surface area contributed by atoms with E-state index in [1.54, 1.807) is 61.7 Å². The first-order valence-corrected chi connectivity index (χ1v) is 10.5. The third kappa shape index (κ3) is 5.56. The van der Waals surface area contributed by atoms with Crippen LogP contribution in [0.2, 0.25) is 0 Å². The van der Waals surface area contributed by atoms with Gasteiger partial charge in [-0.15, -0.1) is 0 Å². The van der Waals surface area contributed by atoms with E-state index in [1.807, 2.05) is 0 Å². The molecule has 1 N–H and O–H groups in total. The number of hydrogen-bond acceptors (Lipinski definition) is 6. The number of sulfonamides is 1. The number of rotatable bonds is 9. The van der Waals surface area contributed by atoms with Crippen LogP contribution in [0.15, 0.2) is 87.4 Å². The van der Waals surface area contributed by atoms with E-state index >= 15 is 0 Å². The molecule has 0 unspecified atom stereocenters. The zero-order valence-corrected chi connectivity index (χ0v) is 17.1. The summed E-state index contributed by atoms with van der Waals surface area (Å²) in [5, 5.41) is 3.90. The number of nitrogens with zero attached hydrogens (tertiary/aromatic N) is 2. The topological polar surface area (TPSA) is 101 Å². The number of ether oxygens (including phenoxy) is 1. The molecular formula is C21H21N3O5S. The lowest BCUT2D eigenvalue weighted by atomic mass is 10.2. The number of carbonyl (C=O) groups excluding carboxylic acids is 1. The number of amides is 1. The molecule has 1 heterocycles. The highest BCUT2D eigenvalue weighted by Crippen LogP contribution is 2.18. The Balaban J connectivity index is 1.72. The molecule has 1 amide bonds. The minimum Gasteiger partial charge on any atom is -0.497 e. The van der Waals surface area contributed by atoms with E-state index in [0.717, 1.165) is 9.87 Å². The van der Waals surface area contributed by atoms with E-state index in [0.29, 0.717) is 11.5 Å². The smallest absolute Gasteiger partial charge is 0.255 e. The van der Waals surface area contributed by atoms with Crippen molar-refractivity contribution in [2.24, 2.45) is 5.10 Å². The molecule has 156 valence electrons. The summed E-state index contributed by atoms with van der Waals surface area (Å²) in [4.78, 5) is 12.5. The fourth-order valence-electron chi connectivity index (χ4n) is 2.64. The zero-order valence-electron chi connectivity index (χ0n) is 16.3. The van der Waals surface area contributed by atoms with Gasteiger partial charge in [-0.2, -0.15) is 9.41 Å². The highest BCUT2D eigenvalue weighted by atomic mass is 32.2. The van der Waals surface area contributed by atoms with Gasteiger partial charge in [0.1, 0.15) is 11.5 Å². The van der Waals surface area contributed by atoms with Gasteiger partial charge in [0.05, 0.1) is 37.6 Å². The summed E-state index contributed by atoms with van der Waals surface area (Å²) in [7, 11) is -2.36. The van der Waals surface area contributed by atoms with Gasteiger partial charge in [-0.3, -0.25) is 4.79 Å². The van der Waals surface area contributed by atoms with Gasteiger partial charge < -0.3 is 9.15 Å². The van der Waals surface area contributed by atoms with Crippen molar-refractivity contribution in [3.63, 3.8) is 0 Å². The average Bonchev–Trinajstić information content (AvgIpc) is 3.27. The summed E-state index contributed by atoms with van der Waals surface area (Å²) >= 11 is 0. The van der Waals surface area contributed by atoms with Gasteiger partial charge in [-0.1, -0.05) is 30.3 Å². The Hall–Kier alpha value is -3.43. The molecule has 2 aromatic carbocycles. The molecule has 0 radical (unpaired) electrons. The van der Waals surface area contributed by atoms with Crippen LogP contribution in [-0.2, 0) is 21.4 Å². The van der Waals surface area contributed by atoms with Gasteiger partial charge >= 0.3 is 0 Å². The number of hydrazone groups is 1. The maximum absolute atomic E-state index is 13.0. The van der Waals surface area contributed by atoms with Gasteiger partial charge in [0.15, 0.2) is 0 Å². The van der Waals surface area contributed by atoms with Crippen LogP contribution in [0.5, 0.6) is 5.75 Å². The lowest BCUT2D eigenvalue weighted by Gasteiger charge is -2.20. The second-order valence-electron chi connectivity index (χ2n) is 6.24. The predicted molar refractivity (Wildman–Crippen MR) is 111 cm³/mol. The molecule has 9 heteroatoms. The molecule has 1 aromatic heterocycles. The molecule has 0 atom stereocenters. The van der Waals surface area contributed by atoms with Crippen LogP contribution >= 0.6 is 0 Å². The molecule has 0 bridgehead atoms. The Bertz CT molecular complexity index is 1100. The van der Waals surface area contributed by atoms with Crippen LogP contribution < -0.4 is 10.2 Å². The van der Waals surface area contributed by atoms with Crippen LogP contribution in [0, 0.1) is 0 Å². The number of furan rings is 1. The summed E-state index contributed by atoms with van der Waals surface area (Å²) in [6.07, 6.45) is 2.89. The first-order valence-electron chi connectivity index (χ1n) is 9.02. The van der Waals surface area contributed by atoms with Crippen LogP contribution in [0.4, 0.5) is 0 Å². The lowest BCUT2D eigenvalue weighted by molar-refractivity contribution is -0.121. The molecule has 0 aliphatic heterocycles. The predicted octanol–water partition coefficient (Wildman–Crippen LogP) is 2.63. The lowest BCUT2D eigenvalue weighted by Crippen LogP contribution is -2.38. The number of benzene rings is 2. The van der Waals surface area contributed by atoms with Crippen molar-refractivity contribution in [3.05, 3.63) is 84.3 Å². The molecule has 8 nitrogen and oxygen atoms in total. The van der Waals surface area contributed by atoms with Gasteiger partial charge in [0, 0.05) is 0 Å². The van der Waals surface area contributed by atoms with Crippen molar-refractivity contribution in [2.75, 3.05) is 13.7 Å². The maximum Gasteiger partial charge on any atom is 0.255 e. The Morgan fingerprint density at radius 1 is 1.13 bits per heavy atom. The van der Waals surface area contributed by atoms with E-state index in [-0.39, 0.29) is 11.4 Å². The van der Waals surface area contributed by atoms with E-state index in [2.05, 4.69) is 10.5 Å². The second kappa shape index (κ2) is 9.86. The Morgan fingerprint density at radius 2 is 1.93 bits per heavy atom. The van der Waals surface area contributed by atoms with Gasteiger partial charge in [0.25, 0.3) is 5.91 Å². The van der Waals surface area contributed by atoms with Crippen molar-refractivity contribution in [1.29, 1.82) is 0 Å². The molecular weight excluding hydrogens is 406 g/mol. The van der Waals surface area contributed by atoms with E-state index in [1.165, 1.54) is 24.6 Å². The van der Waals surface area contributed by atoms with Crippen LogP contribution in [0.3, 0.4) is 0 Å². The van der Waals surface area contributed by atoms with Crippen molar-refractivity contribution >= 4 is 22.1 Å². The first-order chi connectivity index (χ1) is 14.5. The monoisotopic (exact) mass is 427 g/mol. The Morgan fingerprint density at radius 3 is 2.63 bits per heavy atom. The molecule has 0 fully saturated rings. The van der Waals surface area contributed by atoms with Crippen molar-refractivity contribution in [3.8, 4) is 5.75 Å². The molecule has 3 rings (SSSR count). The van der Waals surface area contributed by atoms with E-state index in [4.69, 9.17) is 9.15 Å². The summed E-state index contributed by atoms with van der Waals surface area (Å²) in [6.45, 7) is -0.509. The molecule has 0 aliphatic rings. The molecule has 3 aromatic rings. The summed E-state index contributed by atoms with van der Waals surface area (Å²) < 4.78 is 37.5. The number of hydrogen-bond donors (Lipinski definition) is 1. The first kappa shape index (κ1) is 21.3. The number of methoxy groups -OCH3 is 1. The van der Waals surface area contributed by atoms with E-state index < -0.39 is 22.5 Å². The third-order valence-corrected chi connectivity index (χ3v) is 5.92. The van der Waals surface area contributed by atoms with Gasteiger partial charge in [-0.25, -0.2) is 13.8 Å². The molecule has 30 heavy (non-hydrogen) atoms. The van der Waals surface area contributed by atoms with Crippen molar-refractivity contribution in [1.82, 2.24) is 9.73 Å².